The minimum absolute atomic E-state index is 0.212. The van der Waals surface area contributed by atoms with Crippen LogP contribution in [0.3, 0.4) is 0 Å². The molecule has 6 nitrogen and oxygen atoms in total. The first-order valence-corrected chi connectivity index (χ1v) is 7.14. The van der Waals surface area contributed by atoms with Gasteiger partial charge in [0, 0.05) is 0 Å². The van der Waals surface area contributed by atoms with Crippen molar-refractivity contribution in [1.29, 1.82) is 0 Å². The van der Waals surface area contributed by atoms with Crippen LogP contribution in [0.2, 0.25) is 0 Å². The van der Waals surface area contributed by atoms with E-state index in [1.54, 1.807) is 27.7 Å². The number of rotatable bonds is 9. The van der Waals surface area contributed by atoms with Gasteiger partial charge in [-0.3, -0.25) is 4.57 Å². The Hall–Kier alpha value is -0.420. The van der Waals surface area contributed by atoms with Gasteiger partial charge in [-0.05, 0) is 27.2 Å². The third-order valence-corrected chi connectivity index (χ3v) is 5.14. The first-order valence-electron chi connectivity index (χ1n) is 5.60. The van der Waals surface area contributed by atoms with E-state index in [4.69, 9.17) is 18.9 Å². The van der Waals surface area contributed by atoms with Crippen molar-refractivity contribution in [1.82, 2.24) is 0 Å². The highest BCUT2D eigenvalue weighted by Crippen LogP contribution is 2.61. The molecule has 0 radical (unpaired) electrons. The summed E-state index contributed by atoms with van der Waals surface area (Å²) >= 11 is 0. The molecule has 0 aromatic heterocycles. The molecule has 7 heteroatoms. The van der Waals surface area contributed by atoms with Crippen molar-refractivity contribution in [2.45, 2.75) is 39.5 Å². The summed E-state index contributed by atoms with van der Waals surface area (Å²) in [6, 6.07) is 0. The van der Waals surface area contributed by atoms with Gasteiger partial charge in [-0.2, -0.15) is 0 Å². The normalized spacial score (nSPS) is 15.5. The Morgan fingerprint density at radius 3 is 2.00 bits per heavy atom. The zero-order chi connectivity index (χ0) is 13.5. The van der Waals surface area contributed by atoms with Gasteiger partial charge in [-0.1, -0.05) is 6.92 Å². The van der Waals surface area contributed by atoms with Crippen molar-refractivity contribution in [2.24, 2.45) is 0 Å². The predicted octanol–water partition coefficient (Wildman–Crippen LogP) is 2.48. The summed E-state index contributed by atoms with van der Waals surface area (Å²) in [5.74, 6) is -1.12. The van der Waals surface area contributed by atoms with Crippen LogP contribution in [0.5, 0.6) is 0 Å². The Kier molecular flexibility index (Phi) is 6.94. The molecule has 0 fully saturated rings. The number of carboxylic acid groups (broad SMARTS) is 1. The van der Waals surface area contributed by atoms with Crippen LogP contribution >= 0.6 is 7.60 Å². The zero-order valence-corrected chi connectivity index (χ0v) is 11.7. The van der Waals surface area contributed by atoms with E-state index in [0.717, 1.165) is 0 Å². The molecule has 0 bridgehead atoms. The standard InChI is InChI=1S/C10H21O6P/c1-5-10(4,14-8-9(11)12)17(13,15-6-2)16-7-3/h5-8H2,1-4H3,(H,11,12). The SMILES string of the molecule is CCOP(=O)(OCC)C(C)(CC)OCC(=O)O. The van der Waals surface area contributed by atoms with Crippen LogP contribution in [0.15, 0.2) is 0 Å². The largest absolute Gasteiger partial charge is 0.480 e. The van der Waals surface area contributed by atoms with E-state index in [2.05, 4.69) is 0 Å². The van der Waals surface area contributed by atoms with Gasteiger partial charge in [0.1, 0.15) is 6.61 Å². The lowest BCUT2D eigenvalue weighted by Gasteiger charge is -2.34. The quantitative estimate of drug-likeness (QED) is 0.647. The average molecular weight is 268 g/mol. The van der Waals surface area contributed by atoms with Crippen molar-refractivity contribution in [2.75, 3.05) is 19.8 Å². The Morgan fingerprint density at radius 2 is 1.71 bits per heavy atom. The monoisotopic (exact) mass is 268 g/mol. The van der Waals surface area contributed by atoms with Gasteiger partial charge >= 0.3 is 13.6 Å². The van der Waals surface area contributed by atoms with Crippen molar-refractivity contribution < 1.29 is 28.3 Å². The first kappa shape index (κ1) is 16.6. The summed E-state index contributed by atoms with van der Waals surface area (Å²) in [4.78, 5) is 10.5. The number of carboxylic acids is 1. The number of carbonyl (C=O) groups is 1. The minimum atomic E-state index is -3.48. The molecule has 0 saturated heterocycles. The average Bonchev–Trinajstić information content (AvgIpc) is 2.26. The Balaban J connectivity index is 4.97. The third kappa shape index (κ3) is 4.39. The van der Waals surface area contributed by atoms with E-state index in [1.807, 2.05) is 0 Å². The second kappa shape index (κ2) is 7.11. The highest BCUT2D eigenvalue weighted by atomic mass is 31.2. The molecule has 1 unspecified atom stereocenters. The van der Waals surface area contributed by atoms with Crippen LogP contribution in [0.25, 0.3) is 0 Å². The van der Waals surface area contributed by atoms with Gasteiger partial charge in [0.15, 0.2) is 5.34 Å². The summed E-state index contributed by atoms with van der Waals surface area (Å²) in [5, 5.41) is 7.36. The molecule has 0 aromatic carbocycles. The van der Waals surface area contributed by atoms with E-state index in [1.165, 1.54) is 0 Å². The third-order valence-electron chi connectivity index (χ3n) is 2.34. The van der Waals surface area contributed by atoms with Crippen LogP contribution in [-0.4, -0.2) is 36.2 Å². The number of aliphatic carboxylic acids is 1. The fourth-order valence-electron chi connectivity index (χ4n) is 1.24. The predicted molar refractivity (Wildman–Crippen MR) is 63.1 cm³/mol. The highest BCUT2D eigenvalue weighted by Gasteiger charge is 2.47. The number of hydrogen-bond donors (Lipinski definition) is 1. The topological polar surface area (TPSA) is 82.1 Å². The smallest absolute Gasteiger partial charge is 0.361 e. The van der Waals surface area contributed by atoms with E-state index in [9.17, 15) is 9.36 Å². The van der Waals surface area contributed by atoms with Crippen molar-refractivity contribution in [3.63, 3.8) is 0 Å². The molecule has 0 aliphatic rings. The molecule has 1 N–H and O–H groups in total. The maximum Gasteiger partial charge on any atom is 0.361 e. The summed E-state index contributed by atoms with van der Waals surface area (Å²) in [5.41, 5.74) is 0. The van der Waals surface area contributed by atoms with Gasteiger partial charge in [0.25, 0.3) is 0 Å². The van der Waals surface area contributed by atoms with Crippen LogP contribution < -0.4 is 0 Å². The molecule has 0 aromatic rings. The second-order valence-corrected chi connectivity index (χ2v) is 6.00. The Bertz CT molecular complexity index is 283. The lowest BCUT2D eigenvalue weighted by molar-refractivity contribution is -0.146. The number of hydrogen-bond acceptors (Lipinski definition) is 5. The molecule has 0 saturated carbocycles. The van der Waals surface area contributed by atoms with Gasteiger partial charge < -0.3 is 18.9 Å². The maximum absolute atomic E-state index is 12.5. The molecule has 0 aliphatic carbocycles. The molecule has 0 heterocycles. The second-order valence-electron chi connectivity index (χ2n) is 3.54. The fraction of sp³-hybridized carbons (Fsp3) is 0.900. The van der Waals surface area contributed by atoms with Gasteiger partial charge in [0.2, 0.25) is 0 Å². The van der Waals surface area contributed by atoms with E-state index >= 15 is 0 Å². The molecule has 0 amide bonds. The lowest BCUT2D eigenvalue weighted by atomic mass is 10.3. The highest BCUT2D eigenvalue weighted by molar-refractivity contribution is 7.55. The van der Waals surface area contributed by atoms with E-state index in [0.29, 0.717) is 6.42 Å². The van der Waals surface area contributed by atoms with E-state index < -0.39 is 25.5 Å². The molecule has 102 valence electrons. The van der Waals surface area contributed by atoms with Crippen molar-refractivity contribution >= 4 is 13.6 Å². The molecule has 0 spiro atoms. The molecule has 1 atom stereocenters. The van der Waals surface area contributed by atoms with Crippen molar-refractivity contribution in [3.05, 3.63) is 0 Å². The van der Waals surface area contributed by atoms with Crippen LogP contribution in [0.4, 0.5) is 0 Å². The zero-order valence-electron chi connectivity index (χ0n) is 10.8. The van der Waals surface area contributed by atoms with Gasteiger partial charge in [-0.25, -0.2) is 4.79 Å². The molecule has 0 rings (SSSR count). The molecule has 0 aliphatic heterocycles. The van der Waals surface area contributed by atoms with Crippen molar-refractivity contribution in [3.8, 4) is 0 Å². The summed E-state index contributed by atoms with van der Waals surface area (Å²) < 4.78 is 28.1. The van der Waals surface area contributed by atoms with Crippen LogP contribution in [0.1, 0.15) is 34.1 Å². The van der Waals surface area contributed by atoms with Gasteiger partial charge in [-0.15, -0.1) is 0 Å². The van der Waals surface area contributed by atoms with Crippen LogP contribution in [-0.2, 0) is 23.1 Å². The fourth-order valence-corrected chi connectivity index (χ4v) is 3.15. The minimum Gasteiger partial charge on any atom is -0.480 e. The van der Waals surface area contributed by atoms with Gasteiger partial charge in [0.05, 0.1) is 13.2 Å². The molecule has 17 heavy (non-hydrogen) atoms. The Morgan fingerprint density at radius 1 is 1.24 bits per heavy atom. The molecular weight excluding hydrogens is 247 g/mol. The first-order chi connectivity index (χ1) is 7.85. The summed E-state index contributed by atoms with van der Waals surface area (Å²) in [6.07, 6.45) is 0.331. The lowest BCUT2D eigenvalue weighted by Crippen LogP contribution is -2.32. The number of ether oxygens (including phenoxy) is 1. The molecular formula is C10H21O6P. The van der Waals surface area contributed by atoms with Crippen LogP contribution in [0, 0.1) is 0 Å². The maximum atomic E-state index is 12.5. The van der Waals surface area contributed by atoms with E-state index in [-0.39, 0.29) is 13.2 Å². The summed E-state index contributed by atoms with van der Waals surface area (Å²) in [6.45, 7) is 6.56. The Labute approximate surface area is 102 Å². The summed E-state index contributed by atoms with van der Waals surface area (Å²) in [7, 11) is -3.48.